The van der Waals surface area contributed by atoms with Gasteiger partial charge >= 0.3 is 5.97 Å². The molecule has 0 fully saturated rings. The second-order valence-electron chi connectivity index (χ2n) is 4.54. The molecule has 0 saturated carbocycles. The summed E-state index contributed by atoms with van der Waals surface area (Å²) in [6.45, 7) is 0.691. The molecule has 0 amide bonds. The molecule has 0 saturated heterocycles. The van der Waals surface area contributed by atoms with Crippen molar-refractivity contribution < 1.29 is 18.7 Å². The normalized spacial score (nSPS) is 10.3. The summed E-state index contributed by atoms with van der Waals surface area (Å²) < 4.78 is 23.7. The fraction of sp³-hybridized carbons (Fsp3) is 0.235. The first-order valence-corrected chi connectivity index (χ1v) is 6.76. The second-order valence-corrected chi connectivity index (χ2v) is 4.54. The first kappa shape index (κ1) is 15.2. The molecule has 0 aromatic heterocycles. The summed E-state index contributed by atoms with van der Waals surface area (Å²) in [5.74, 6) is -0.767. The Morgan fingerprint density at radius 2 is 1.67 bits per heavy atom. The van der Waals surface area contributed by atoms with Crippen molar-refractivity contribution in [3.63, 3.8) is 0 Å². The lowest BCUT2D eigenvalue weighted by Crippen LogP contribution is -2.09. The lowest BCUT2D eigenvalue weighted by Gasteiger charge is -2.06. The Balaban J connectivity index is 1.63. The van der Waals surface area contributed by atoms with Crippen LogP contribution in [0.1, 0.15) is 17.5 Å². The monoisotopic (exact) mass is 288 g/mol. The van der Waals surface area contributed by atoms with E-state index in [2.05, 4.69) is 0 Å². The van der Waals surface area contributed by atoms with Gasteiger partial charge < -0.3 is 9.47 Å². The Bertz CT molecular complexity index is 569. The van der Waals surface area contributed by atoms with Crippen LogP contribution in [0.2, 0.25) is 0 Å². The molecule has 3 nitrogen and oxygen atoms in total. The van der Waals surface area contributed by atoms with E-state index in [0.29, 0.717) is 12.2 Å². The molecule has 0 radical (unpaired) electrons. The third-order valence-corrected chi connectivity index (χ3v) is 2.91. The number of hydrogen-bond acceptors (Lipinski definition) is 3. The number of carbonyl (C=O) groups is 1. The highest BCUT2D eigenvalue weighted by Crippen LogP contribution is 2.08. The summed E-state index contributed by atoms with van der Waals surface area (Å²) in [4.78, 5) is 11.5. The van der Waals surface area contributed by atoms with Crippen LogP contribution in [0.15, 0.2) is 54.6 Å². The minimum Gasteiger partial charge on any atom is -0.461 e. The number of rotatable bonds is 7. The van der Waals surface area contributed by atoms with Gasteiger partial charge in [-0.15, -0.1) is 0 Å². The number of carbonyl (C=O) groups excluding carboxylic acids is 1. The highest BCUT2D eigenvalue weighted by atomic mass is 19.1. The molecule has 0 spiro atoms. The van der Waals surface area contributed by atoms with E-state index in [4.69, 9.17) is 9.47 Å². The molecule has 0 aliphatic rings. The fourth-order valence-corrected chi connectivity index (χ4v) is 1.77. The van der Waals surface area contributed by atoms with E-state index >= 15 is 0 Å². The Labute approximate surface area is 123 Å². The molecule has 4 heteroatoms. The van der Waals surface area contributed by atoms with Crippen molar-refractivity contribution in [2.45, 2.75) is 19.6 Å². The Morgan fingerprint density at radius 3 is 2.43 bits per heavy atom. The molecule has 0 aliphatic carbocycles. The molecular weight excluding hydrogens is 271 g/mol. The van der Waals surface area contributed by atoms with Gasteiger partial charge in [-0.3, -0.25) is 4.79 Å². The molecule has 0 atom stereocenters. The maximum Gasteiger partial charge on any atom is 0.308 e. The SMILES string of the molecule is O=C(CCOCc1ccccc1)OCc1ccccc1F. The summed E-state index contributed by atoms with van der Waals surface area (Å²) in [7, 11) is 0. The van der Waals surface area contributed by atoms with Crippen molar-refractivity contribution in [1.82, 2.24) is 0 Å². The van der Waals surface area contributed by atoms with Gasteiger partial charge in [-0.2, -0.15) is 0 Å². The lowest BCUT2D eigenvalue weighted by atomic mass is 10.2. The standard InChI is InChI=1S/C17H17FO3/c18-16-9-5-4-8-15(16)13-21-17(19)10-11-20-12-14-6-2-1-3-7-14/h1-9H,10-13H2. The summed E-state index contributed by atoms with van der Waals surface area (Å²) in [6, 6.07) is 15.9. The molecule has 110 valence electrons. The first-order valence-electron chi connectivity index (χ1n) is 6.76. The average Bonchev–Trinajstić information content (AvgIpc) is 2.52. The Hall–Kier alpha value is -2.20. The van der Waals surface area contributed by atoms with Gasteiger partial charge in [-0.05, 0) is 11.6 Å². The number of ether oxygens (including phenoxy) is 2. The maximum absolute atomic E-state index is 13.3. The van der Waals surface area contributed by atoms with Gasteiger partial charge in [0.05, 0.1) is 19.6 Å². The van der Waals surface area contributed by atoms with Gasteiger partial charge in [-0.1, -0.05) is 48.5 Å². The fourth-order valence-electron chi connectivity index (χ4n) is 1.77. The predicted molar refractivity (Wildman–Crippen MR) is 76.9 cm³/mol. The number of hydrogen-bond donors (Lipinski definition) is 0. The van der Waals surface area contributed by atoms with Crippen LogP contribution >= 0.6 is 0 Å². The number of halogens is 1. The van der Waals surface area contributed by atoms with Crippen molar-refractivity contribution in [2.24, 2.45) is 0 Å². The predicted octanol–water partition coefficient (Wildman–Crippen LogP) is 3.48. The molecular formula is C17H17FO3. The molecule has 2 aromatic rings. The van der Waals surface area contributed by atoms with Crippen LogP contribution in [0.25, 0.3) is 0 Å². The van der Waals surface area contributed by atoms with Crippen molar-refractivity contribution >= 4 is 5.97 Å². The summed E-state index contributed by atoms with van der Waals surface area (Å²) >= 11 is 0. The number of esters is 1. The maximum atomic E-state index is 13.3. The molecule has 2 rings (SSSR count). The zero-order valence-electron chi connectivity index (χ0n) is 11.6. The minimum absolute atomic E-state index is 0.0514. The third-order valence-electron chi connectivity index (χ3n) is 2.91. The highest BCUT2D eigenvalue weighted by molar-refractivity contribution is 5.69. The largest absolute Gasteiger partial charge is 0.461 e. The second kappa shape index (κ2) is 8.17. The van der Waals surface area contributed by atoms with Crippen LogP contribution in [0.5, 0.6) is 0 Å². The molecule has 0 N–H and O–H groups in total. The van der Waals surface area contributed by atoms with E-state index in [1.807, 2.05) is 30.3 Å². The van der Waals surface area contributed by atoms with Crippen LogP contribution in [0.4, 0.5) is 4.39 Å². The van der Waals surface area contributed by atoms with E-state index in [1.54, 1.807) is 18.2 Å². The molecule has 0 bridgehead atoms. The highest BCUT2D eigenvalue weighted by Gasteiger charge is 2.06. The van der Waals surface area contributed by atoms with Gasteiger partial charge in [0, 0.05) is 5.56 Å². The van der Waals surface area contributed by atoms with E-state index in [-0.39, 0.29) is 25.5 Å². The molecule has 21 heavy (non-hydrogen) atoms. The van der Waals surface area contributed by atoms with Gasteiger partial charge in [0.1, 0.15) is 12.4 Å². The lowest BCUT2D eigenvalue weighted by molar-refractivity contribution is -0.146. The third kappa shape index (κ3) is 5.36. The van der Waals surface area contributed by atoms with Crippen LogP contribution in [0.3, 0.4) is 0 Å². The molecule has 0 heterocycles. The molecule has 2 aromatic carbocycles. The van der Waals surface area contributed by atoms with Gasteiger partial charge in [0.15, 0.2) is 0 Å². The topological polar surface area (TPSA) is 35.5 Å². The Morgan fingerprint density at radius 1 is 0.952 bits per heavy atom. The summed E-state index contributed by atoms with van der Waals surface area (Å²) in [6.07, 6.45) is 0.154. The van der Waals surface area contributed by atoms with Gasteiger partial charge in [0.25, 0.3) is 0 Å². The van der Waals surface area contributed by atoms with E-state index in [9.17, 15) is 9.18 Å². The van der Waals surface area contributed by atoms with Crippen LogP contribution in [-0.2, 0) is 27.5 Å². The quantitative estimate of drug-likeness (QED) is 0.578. The van der Waals surface area contributed by atoms with Crippen molar-refractivity contribution in [3.8, 4) is 0 Å². The average molecular weight is 288 g/mol. The van der Waals surface area contributed by atoms with Crippen LogP contribution in [-0.4, -0.2) is 12.6 Å². The van der Waals surface area contributed by atoms with Crippen molar-refractivity contribution in [2.75, 3.05) is 6.61 Å². The van der Waals surface area contributed by atoms with E-state index < -0.39 is 5.97 Å². The van der Waals surface area contributed by atoms with Gasteiger partial charge in [-0.25, -0.2) is 4.39 Å². The van der Waals surface area contributed by atoms with Crippen molar-refractivity contribution in [3.05, 3.63) is 71.5 Å². The molecule has 0 unspecified atom stereocenters. The van der Waals surface area contributed by atoms with E-state index in [0.717, 1.165) is 5.56 Å². The zero-order chi connectivity index (χ0) is 14.9. The zero-order valence-corrected chi connectivity index (χ0v) is 11.6. The summed E-state index contributed by atoms with van der Waals surface area (Å²) in [5.41, 5.74) is 1.42. The number of benzene rings is 2. The van der Waals surface area contributed by atoms with Crippen LogP contribution < -0.4 is 0 Å². The molecule has 0 aliphatic heterocycles. The van der Waals surface area contributed by atoms with Crippen molar-refractivity contribution in [1.29, 1.82) is 0 Å². The Kier molecular flexibility index (Phi) is 5.91. The first-order chi connectivity index (χ1) is 10.3. The smallest absolute Gasteiger partial charge is 0.308 e. The summed E-state index contributed by atoms with van der Waals surface area (Å²) in [5, 5.41) is 0. The van der Waals surface area contributed by atoms with Gasteiger partial charge in [0.2, 0.25) is 0 Å². The van der Waals surface area contributed by atoms with Crippen LogP contribution in [0, 0.1) is 5.82 Å². The minimum atomic E-state index is -0.397. The van der Waals surface area contributed by atoms with E-state index in [1.165, 1.54) is 6.07 Å².